The maximum absolute atomic E-state index is 7.81. The molecule has 0 aromatic carbocycles. The van der Waals surface area contributed by atoms with Gasteiger partial charge in [0.1, 0.15) is 11.4 Å². The molecular formula is C10H15NO2. The van der Waals surface area contributed by atoms with E-state index in [1.807, 2.05) is 0 Å². The molecule has 0 amide bonds. The summed E-state index contributed by atoms with van der Waals surface area (Å²) in [6.45, 7) is -7.24. The van der Waals surface area contributed by atoms with Gasteiger partial charge in [-0.3, -0.25) is 4.98 Å². The summed E-state index contributed by atoms with van der Waals surface area (Å²) in [6.07, 6.45) is -3.14. The van der Waals surface area contributed by atoms with Crippen LogP contribution in [-0.2, 0) is 6.56 Å². The molecule has 0 spiro atoms. The van der Waals surface area contributed by atoms with Crippen LogP contribution in [0.1, 0.15) is 38.3 Å². The first-order chi connectivity index (χ1) is 10.7. The van der Waals surface area contributed by atoms with Crippen molar-refractivity contribution in [3.8, 4) is 5.75 Å². The van der Waals surface area contributed by atoms with E-state index < -0.39 is 49.9 Å². The van der Waals surface area contributed by atoms with Gasteiger partial charge in [0.25, 0.3) is 0 Å². The molecule has 1 heterocycles. The van der Waals surface area contributed by atoms with Crippen molar-refractivity contribution in [3.05, 3.63) is 23.5 Å². The molecule has 0 saturated heterocycles. The van der Waals surface area contributed by atoms with Crippen molar-refractivity contribution in [1.29, 1.82) is 1.43 Å². The van der Waals surface area contributed by atoms with Crippen molar-refractivity contribution in [2.24, 2.45) is 0 Å². The highest BCUT2D eigenvalue weighted by Crippen LogP contribution is 2.16. The molecule has 1 rings (SSSR count). The van der Waals surface area contributed by atoms with Gasteiger partial charge in [-0.25, -0.2) is 0 Å². The molecule has 0 aliphatic carbocycles. The fourth-order valence-corrected chi connectivity index (χ4v) is 0.676. The zero-order valence-corrected chi connectivity index (χ0v) is 6.84. The Kier molecular flexibility index (Phi) is 1.00. The third kappa shape index (κ3) is 2.70. The van der Waals surface area contributed by atoms with E-state index in [1.54, 1.807) is 0 Å². The molecule has 0 aliphatic rings. The van der Waals surface area contributed by atoms with E-state index >= 15 is 0 Å². The molecule has 1 aromatic heterocycles. The van der Waals surface area contributed by atoms with Crippen LogP contribution < -0.4 is 4.74 Å². The van der Waals surface area contributed by atoms with Crippen molar-refractivity contribution in [2.45, 2.75) is 26.7 Å². The fraction of sp³-hybridized carbons (Fsp3) is 0.500. The van der Waals surface area contributed by atoms with E-state index in [0.717, 1.165) is 0 Å². The summed E-state index contributed by atoms with van der Waals surface area (Å²) in [5.41, 5.74) is -0.923. The summed E-state index contributed by atoms with van der Waals surface area (Å²) in [7, 11) is 0. The predicted molar refractivity (Wildman–Crippen MR) is 50.7 cm³/mol. The van der Waals surface area contributed by atoms with Crippen LogP contribution in [0.2, 0.25) is 0 Å². The van der Waals surface area contributed by atoms with E-state index in [0.29, 0.717) is 0 Å². The molecule has 1 aromatic rings. The molecular weight excluding hydrogens is 166 g/mol. The zero-order chi connectivity index (χ0) is 19.1. The second-order valence-corrected chi connectivity index (χ2v) is 2.08. The number of aromatic nitrogens is 1. The molecule has 72 valence electrons. The van der Waals surface area contributed by atoms with Gasteiger partial charge in [0.05, 0.1) is 21.3 Å². The van der Waals surface area contributed by atoms with E-state index in [2.05, 4.69) is 10.1 Å². The lowest BCUT2D eigenvalue weighted by molar-refractivity contribution is 0.257. The topological polar surface area (TPSA) is 42.4 Å². The van der Waals surface area contributed by atoms with Crippen molar-refractivity contribution in [1.82, 2.24) is 4.98 Å². The standard InChI is InChI=1S/C10H15NO2/c1-3-6-13-10-5-4-8(2)11-9(10)7-12/h4-5,12H,3,6-7H2,1-2H3/i1D2,3D2,4D,5D,6D2,7D2,12D. The van der Waals surface area contributed by atoms with Crippen LogP contribution in [0.5, 0.6) is 5.75 Å². The number of ether oxygens (including phenoxy) is 1. The van der Waals surface area contributed by atoms with Gasteiger partial charge in [0, 0.05) is 11.2 Å². The van der Waals surface area contributed by atoms with Gasteiger partial charge in [-0.05, 0) is 25.4 Å². The first-order valence-electron chi connectivity index (χ1n) is 8.91. The number of aryl methyl sites for hydroxylation is 1. The Morgan fingerprint density at radius 1 is 1.85 bits per heavy atom. The molecule has 0 fully saturated rings. The average Bonchev–Trinajstić information content (AvgIpc) is 2.46. The van der Waals surface area contributed by atoms with Gasteiger partial charge in [-0.2, -0.15) is 0 Å². The summed E-state index contributed by atoms with van der Waals surface area (Å²) >= 11 is 0. The Morgan fingerprint density at radius 2 is 2.77 bits per heavy atom. The first-order valence-corrected chi connectivity index (χ1v) is 3.35. The molecule has 0 aliphatic heterocycles. The molecule has 0 unspecified atom stereocenters. The highest BCUT2D eigenvalue weighted by Gasteiger charge is 2.03. The van der Waals surface area contributed by atoms with Crippen molar-refractivity contribution >= 4 is 0 Å². The summed E-state index contributed by atoms with van der Waals surface area (Å²) < 4.78 is 86.4. The Balaban J connectivity index is 3.56. The lowest BCUT2D eigenvalue weighted by Crippen LogP contribution is -2.01. The molecule has 13 heavy (non-hydrogen) atoms. The molecule has 0 saturated carbocycles. The van der Waals surface area contributed by atoms with Crippen molar-refractivity contribution in [2.75, 3.05) is 6.56 Å². The summed E-state index contributed by atoms with van der Waals surface area (Å²) in [5, 5.41) is 3.87. The van der Waals surface area contributed by atoms with Crippen molar-refractivity contribution in [3.63, 3.8) is 0 Å². The Labute approximate surface area is 93.9 Å². The molecule has 0 radical (unpaired) electrons. The number of rotatable bonds is 5. The monoisotopic (exact) mass is 192 g/mol. The second kappa shape index (κ2) is 4.82. The normalized spacial score (nSPS) is 25.8. The van der Waals surface area contributed by atoms with Crippen molar-refractivity contribution < 1.29 is 23.6 Å². The van der Waals surface area contributed by atoms with Crippen LogP contribution in [0.3, 0.4) is 0 Å². The van der Waals surface area contributed by atoms with Gasteiger partial charge < -0.3 is 9.85 Å². The molecule has 3 nitrogen and oxygen atoms in total. The molecule has 0 atom stereocenters. The Morgan fingerprint density at radius 3 is 3.54 bits per heavy atom. The molecule has 3 heteroatoms. The number of aliphatic hydroxyl groups is 1. The largest absolute Gasteiger partial charge is 0.492 e. The summed E-state index contributed by atoms with van der Waals surface area (Å²) in [6, 6.07) is -1.30. The SMILES string of the molecule is [2H]OC([2H])([2H])c1nc(C)c([2H])c([2H])c1OC([2H])([2H])C([2H])([2H])C([2H])[2H]. The fourth-order valence-electron chi connectivity index (χ4n) is 0.676. The predicted octanol–water partition coefficient (Wildman–Crippen LogP) is 1.67. The smallest absolute Gasteiger partial charge is 0.211 e. The van der Waals surface area contributed by atoms with E-state index in [4.69, 9.17) is 19.9 Å². The second-order valence-electron chi connectivity index (χ2n) is 2.08. The van der Waals surface area contributed by atoms with Crippen LogP contribution >= 0.6 is 0 Å². The van der Waals surface area contributed by atoms with E-state index in [-0.39, 0.29) is 5.69 Å². The van der Waals surface area contributed by atoms with Gasteiger partial charge in [0.2, 0.25) is 1.43 Å². The number of nitrogens with zero attached hydrogens (tertiary/aromatic N) is 1. The Bertz CT molecular complexity index is 619. The minimum absolute atomic E-state index is 0.106. The van der Waals surface area contributed by atoms with Gasteiger partial charge in [-0.15, -0.1) is 0 Å². The maximum atomic E-state index is 7.81. The third-order valence-corrected chi connectivity index (χ3v) is 1.16. The van der Waals surface area contributed by atoms with Crippen LogP contribution in [0.15, 0.2) is 12.1 Å². The highest BCUT2D eigenvalue weighted by molar-refractivity contribution is 5.28. The maximum Gasteiger partial charge on any atom is 0.211 e. The Hall–Kier alpha value is -1.09. The minimum Gasteiger partial charge on any atom is -0.492 e. The summed E-state index contributed by atoms with van der Waals surface area (Å²) in [5.74, 6) is -0.933. The molecule has 1 N–H and O–H groups in total. The van der Waals surface area contributed by atoms with Gasteiger partial charge in [-0.1, -0.05) is 6.88 Å². The van der Waals surface area contributed by atoms with Gasteiger partial charge in [0.15, 0.2) is 0 Å². The van der Waals surface area contributed by atoms with Crippen LogP contribution in [0, 0.1) is 6.92 Å². The van der Waals surface area contributed by atoms with Crippen LogP contribution in [0.4, 0.5) is 0 Å². The third-order valence-electron chi connectivity index (χ3n) is 1.16. The highest BCUT2D eigenvalue weighted by atomic mass is 16.5. The van der Waals surface area contributed by atoms with Gasteiger partial charge >= 0.3 is 0 Å². The van der Waals surface area contributed by atoms with E-state index in [1.165, 1.54) is 6.92 Å². The quantitative estimate of drug-likeness (QED) is 0.771. The van der Waals surface area contributed by atoms with E-state index in [9.17, 15) is 0 Å². The summed E-state index contributed by atoms with van der Waals surface area (Å²) in [4.78, 5) is 3.65. The first kappa shape index (κ1) is 2.70. The van der Waals surface area contributed by atoms with Crippen LogP contribution in [0.25, 0.3) is 0 Å². The average molecular weight is 192 g/mol. The number of hydrogen-bond donors (Lipinski definition) is 1. The molecule has 0 bridgehead atoms. The number of pyridine rings is 1. The lowest BCUT2D eigenvalue weighted by Gasteiger charge is -2.08. The minimum atomic E-state index is -3.31. The lowest BCUT2D eigenvalue weighted by atomic mass is 10.3. The zero-order valence-electron chi connectivity index (χ0n) is 17.8. The van der Waals surface area contributed by atoms with Crippen LogP contribution in [-0.4, -0.2) is 18.1 Å². The number of hydrogen-bond acceptors (Lipinski definition) is 3.